The molecular weight excluding hydrogens is 225 g/mol. The predicted octanol–water partition coefficient (Wildman–Crippen LogP) is 4.14. The van der Waals surface area contributed by atoms with Gasteiger partial charge in [-0.05, 0) is 60.6 Å². The Kier molecular flexibility index (Phi) is 4.54. The van der Waals surface area contributed by atoms with Crippen LogP contribution in [0.4, 0.5) is 4.39 Å². The van der Waals surface area contributed by atoms with Gasteiger partial charge in [0.15, 0.2) is 0 Å². The van der Waals surface area contributed by atoms with Crippen molar-refractivity contribution in [3.05, 3.63) is 41.2 Å². The van der Waals surface area contributed by atoms with Gasteiger partial charge in [0.2, 0.25) is 0 Å². The zero-order valence-corrected chi connectivity index (χ0v) is 11.3. The van der Waals surface area contributed by atoms with E-state index in [-0.39, 0.29) is 5.82 Å². The molecule has 1 aliphatic rings. The van der Waals surface area contributed by atoms with E-state index in [0.29, 0.717) is 0 Å². The largest absolute Gasteiger partial charge is 0.313 e. The highest BCUT2D eigenvalue weighted by Crippen LogP contribution is 2.31. The van der Waals surface area contributed by atoms with Crippen LogP contribution in [-0.2, 0) is 6.54 Å². The van der Waals surface area contributed by atoms with E-state index in [9.17, 15) is 4.39 Å². The number of rotatable bonds is 4. The molecule has 2 rings (SSSR count). The minimum absolute atomic E-state index is 0.142. The first-order chi connectivity index (χ1) is 8.70. The van der Waals surface area contributed by atoms with Crippen LogP contribution >= 0.6 is 0 Å². The molecule has 0 radical (unpaired) electrons. The van der Waals surface area contributed by atoms with Crippen molar-refractivity contribution in [3.8, 4) is 0 Å². The van der Waals surface area contributed by atoms with Gasteiger partial charge in [0.1, 0.15) is 5.82 Å². The van der Waals surface area contributed by atoms with Gasteiger partial charge in [0.05, 0.1) is 0 Å². The Morgan fingerprint density at radius 2 is 2.22 bits per heavy atom. The molecule has 0 saturated heterocycles. The number of hydrogen-bond acceptors (Lipinski definition) is 1. The summed E-state index contributed by atoms with van der Waals surface area (Å²) in [5.74, 6) is 0.642. The second-order valence-corrected chi connectivity index (χ2v) is 5.19. The van der Waals surface area contributed by atoms with E-state index in [2.05, 4.69) is 25.2 Å². The van der Waals surface area contributed by atoms with Gasteiger partial charge >= 0.3 is 0 Å². The van der Waals surface area contributed by atoms with E-state index >= 15 is 0 Å². The monoisotopic (exact) mass is 247 g/mol. The summed E-state index contributed by atoms with van der Waals surface area (Å²) >= 11 is 0. The Balaban J connectivity index is 2.25. The van der Waals surface area contributed by atoms with E-state index < -0.39 is 0 Å². The fraction of sp³-hybridized carbons (Fsp3) is 0.500. The van der Waals surface area contributed by atoms with Crippen LogP contribution in [-0.4, -0.2) is 6.54 Å². The zero-order chi connectivity index (χ0) is 13.0. The molecule has 0 fully saturated rings. The maximum Gasteiger partial charge on any atom is 0.123 e. The molecule has 0 amide bonds. The van der Waals surface area contributed by atoms with Crippen LogP contribution in [0.5, 0.6) is 0 Å². The lowest BCUT2D eigenvalue weighted by Crippen LogP contribution is -2.14. The second-order valence-electron chi connectivity index (χ2n) is 5.19. The van der Waals surface area contributed by atoms with E-state index in [1.165, 1.54) is 17.6 Å². The van der Waals surface area contributed by atoms with Crippen LogP contribution in [0, 0.1) is 11.7 Å². The third kappa shape index (κ3) is 3.20. The smallest absolute Gasteiger partial charge is 0.123 e. The standard InChI is InChI=1S/C16H22FN/c1-3-18-11-14-10-15(17)8-9-16(14)13-6-4-12(2)5-7-13/h6,8-10,12,18H,3-5,7,11H2,1-2H3. The number of halogens is 1. The number of allylic oxidation sites excluding steroid dienone is 2. The van der Waals surface area contributed by atoms with E-state index in [1.807, 2.05) is 6.07 Å². The average molecular weight is 247 g/mol. The highest BCUT2D eigenvalue weighted by molar-refractivity contribution is 5.69. The van der Waals surface area contributed by atoms with Gasteiger partial charge in [-0.15, -0.1) is 0 Å². The number of benzene rings is 1. The summed E-state index contributed by atoms with van der Waals surface area (Å²) < 4.78 is 13.4. The molecule has 1 aromatic rings. The third-order valence-corrected chi connectivity index (χ3v) is 3.65. The van der Waals surface area contributed by atoms with Gasteiger partial charge < -0.3 is 5.32 Å². The number of hydrogen-bond donors (Lipinski definition) is 1. The zero-order valence-electron chi connectivity index (χ0n) is 11.3. The van der Waals surface area contributed by atoms with Crippen LogP contribution in [0.1, 0.15) is 44.2 Å². The fourth-order valence-electron chi connectivity index (χ4n) is 2.49. The van der Waals surface area contributed by atoms with Crippen molar-refractivity contribution in [1.82, 2.24) is 5.32 Å². The minimum Gasteiger partial charge on any atom is -0.313 e. The molecule has 18 heavy (non-hydrogen) atoms. The Morgan fingerprint density at radius 3 is 2.89 bits per heavy atom. The van der Waals surface area contributed by atoms with Crippen LogP contribution < -0.4 is 5.32 Å². The normalized spacial score (nSPS) is 19.7. The molecule has 1 aromatic carbocycles. The molecule has 98 valence electrons. The highest BCUT2D eigenvalue weighted by Gasteiger charge is 2.14. The SMILES string of the molecule is CCNCc1cc(F)ccc1C1=CCC(C)CC1. The summed E-state index contributed by atoms with van der Waals surface area (Å²) in [5.41, 5.74) is 3.70. The van der Waals surface area contributed by atoms with E-state index in [0.717, 1.165) is 37.4 Å². The summed E-state index contributed by atoms with van der Waals surface area (Å²) in [6.07, 6.45) is 5.83. The van der Waals surface area contributed by atoms with Crippen LogP contribution in [0.3, 0.4) is 0 Å². The van der Waals surface area contributed by atoms with Gasteiger partial charge in [0.25, 0.3) is 0 Å². The van der Waals surface area contributed by atoms with Crippen molar-refractivity contribution in [3.63, 3.8) is 0 Å². The first kappa shape index (κ1) is 13.3. The lowest BCUT2D eigenvalue weighted by molar-refractivity contribution is 0.533. The van der Waals surface area contributed by atoms with Crippen molar-refractivity contribution >= 4 is 5.57 Å². The predicted molar refractivity (Wildman–Crippen MR) is 74.8 cm³/mol. The molecule has 0 bridgehead atoms. The Hall–Kier alpha value is -1.15. The van der Waals surface area contributed by atoms with Crippen LogP contribution in [0.2, 0.25) is 0 Å². The molecule has 1 atom stereocenters. The Labute approximate surface area is 109 Å². The van der Waals surface area contributed by atoms with Gasteiger partial charge in [-0.3, -0.25) is 0 Å². The first-order valence-electron chi connectivity index (χ1n) is 6.89. The van der Waals surface area contributed by atoms with Gasteiger partial charge in [-0.25, -0.2) is 4.39 Å². The van der Waals surface area contributed by atoms with E-state index in [1.54, 1.807) is 12.1 Å². The van der Waals surface area contributed by atoms with Gasteiger partial charge in [0, 0.05) is 6.54 Å². The molecule has 1 N–H and O–H groups in total. The molecule has 1 unspecified atom stereocenters. The first-order valence-corrected chi connectivity index (χ1v) is 6.89. The summed E-state index contributed by atoms with van der Waals surface area (Å²) in [5, 5.41) is 3.29. The molecule has 2 heteroatoms. The molecule has 0 heterocycles. The summed E-state index contributed by atoms with van der Waals surface area (Å²) in [7, 11) is 0. The van der Waals surface area contributed by atoms with Crippen molar-refractivity contribution < 1.29 is 4.39 Å². The maximum atomic E-state index is 13.4. The molecule has 1 nitrogen and oxygen atoms in total. The minimum atomic E-state index is -0.142. The second kappa shape index (κ2) is 6.14. The number of nitrogens with one attached hydrogen (secondary N) is 1. The van der Waals surface area contributed by atoms with Crippen molar-refractivity contribution in [1.29, 1.82) is 0 Å². The summed E-state index contributed by atoms with van der Waals surface area (Å²) in [6.45, 7) is 6.01. The van der Waals surface area contributed by atoms with Crippen molar-refractivity contribution in [2.45, 2.75) is 39.7 Å². The Morgan fingerprint density at radius 1 is 1.39 bits per heavy atom. The van der Waals surface area contributed by atoms with Gasteiger partial charge in [-0.1, -0.05) is 26.0 Å². The molecule has 0 spiro atoms. The lowest BCUT2D eigenvalue weighted by Gasteiger charge is -2.20. The molecule has 0 aliphatic heterocycles. The molecule has 0 aromatic heterocycles. The third-order valence-electron chi connectivity index (χ3n) is 3.65. The fourth-order valence-corrected chi connectivity index (χ4v) is 2.49. The molecule has 0 saturated carbocycles. The molecular formula is C16H22FN. The maximum absolute atomic E-state index is 13.4. The molecule has 1 aliphatic carbocycles. The van der Waals surface area contributed by atoms with E-state index in [4.69, 9.17) is 0 Å². The van der Waals surface area contributed by atoms with Crippen LogP contribution in [0.25, 0.3) is 5.57 Å². The van der Waals surface area contributed by atoms with Crippen molar-refractivity contribution in [2.75, 3.05) is 6.54 Å². The topological polar surface area (TPSA) is 12.0 Å². The highest BCUT2D eigenvalue weighted by atomic mass is 19.1. The van der Waals surface area contributed by atoms with Crippen LogP contribution in [0.15, 0.2) is 24.3 Å². The quantitative estimate of drug-likeness (QED) is 0.843. The van der Waals surface area contributed by atoms with Gasteiger partial charge in [-0.2, -0.15) is 0 Å². The average Bonchev–Trinajstić information content (AvgIpc) is 2.38. The summed E-state index contributed by atoms with van der Waals surface area (Å²) in [4.78, 5) is 0. The Bertz CT molecular complexity index is 437. The lowest BCUT2D eigenvalue weighted by atomic mass is 9.86. The summed E-state index contributed by atoms with van der Waals surface area (Å²) in [6, 6.07) is 5.17. The van der Waals surface area contributed by atoms with Crippen molar-refractivity contribution in [2.24, 2.45) is 5.92 Å².